The molecule has 20 heavy (non-hydrogen) atoms. The predicted molar refractivity (Wildman–Crippen MR) is 81.5 cm³/mol. The van der Waals surface area contributed by atoms with Gasteiger partial charge in [-0.1, -0.05) is 6.07 Å². The number of furan rings is 1. The van der Waals surface area contributed by atoms with E-state index in [-0.39, 0.29) is 5.91 Å². The molecule has 1 aromatic heterocycles. The SMILES string of the molecule is Cc1ccc(N)cc1SCC(=O)N(C)Cc1ccco1. The highest BCUT2D eigenvalue weighted by Crippen LogP contribution is 2.24. The Kier molecular flexibility index (Phi) is 4.74. The number of hydrogen-bond acceptors (Lipinski definition) is 4. The third kappa shape index (κ3) is 3.81. The zero-order chi connectivity index (χ0) is 14.5. The van der Waals surface area contributed by atoms with E-state index in [1.54, 1.807) is 18.2 Å². The Morgan fingerprint density at radius 2 is 2.20 bits per heavy atom. The number of nitrogen functional groups attached to an aromatic ring is 1. The van der Waals surface area contributed by atoms with Crippen LogP contribution in [0.2, 0.25) is 0 Å². The molecule has 0 aliphatic heterocycles. The van der Waals surface area contributed by atoms with Crippen molar-refractivity contribution in [3.63, 3.8) is 0 Å². The number of carbonyl (C=O) groups excluding carboxylic acids is 1. The molecule has 0 unspecified atom stereocenters. The summed E-state index contributed by atoms with van der Waals surface area (Å²) in [6.45, 7) is 2.50. The number of benzene rings is 1. The molecule has 2 N–H and O–H groups in total. The van der Waals surface area contributed by atoms with Gasteiger partial charge in [-0.05, 0) is 36.8 Å². The van der Waals surface area contributed by atoms with E-state index in [0.717, 1.165) is 21.9 Å². The van der Waals surface area contributed by atoms with Crippen molar-refractivity contribution in [2.24, 2.45) is 0 Å². The van der Waals surface area contributed by atoms with E-state index in [2.05, 4.69) is 0 Å². The summed E-state index contributed by atoms with van der Waals surface area (Å²) in [5, 5.41) is 0. The monoisotopic (exact) mass is 290 g/mol. The molecule has 0 atom stereocenters. The van der Waals surface area contributed by atoms with Gasteiger partial charge < -0.3 is 15.1 Å². The Morgan fingerprint density at radius 3 is 2.90 bits per heavy atom. The zero-order valence-electron chi connectivity index (χ0n) is 11.6. The van der Waals surface area contributed by atoms with Crippen molar-refractivity contribution in [3.8, 4) is 0 Å². The summed E-state index contributed by atoms with van der Waals surface area (Å²) in [4.78, 5) is 14.8. The number of rotatable bonds is 5. The number of thioether (sulfide) groups is 1. The van der Waals surface area contributed by atoms with Crippen LogP contribution in [-0.4, -0.2) is 23.6 Å². The van der Waals surface area contributed by atoms with Gasteiger partial charge in [0.1, 0.15) is 5.76 Å². The first-order valence-corrected chi connectivity index (χ1v) is 7.30. The lowest BCUT2D eigenvalue weighted by Crippen LogP contribution is -2.27. The molecule has 1 heterocycles. The number of nitrogens with two attached hydrogens (primary N) is 1. The number of nitrogens with zero attached hydrogens (tertiary/aromatic N) is 1. The highest BCUT2D eigenvalue weighted by atomic mass is 32.2. The van der Waals surface area contributed by atoms with Crippen molar-refractivity contribution in [2.45, 2.75) is 18.4 Å². The summed E-state index contributed by atoms with van der Waals surface area (Å²) in [5.41, 5.74) is 7.61. The Labute approximate surface area is 122 Å². The van der Waals surface area contributed by atoms with Gasteiger partial charge in [-0.25, -0.2) is 0 Å². The van der Waals surface area contributed by atoms with Crippen LogP contribution in [0, 0.1) is 6.92 Å². The third-order valence-electron chi connectivity index (χ3n) is 2.96. The van der Waals surface area contributed by atoms with Crippen molar-refractivity contribution >= 4 is 23.4 Å². The van der Waals surface area contributed by atoms with Crippen LogP contribution in [0.15, 0.2) is 45.9 Å². The minimum absolute atomic E-state index is 0.0632. The lowest BCUT2D eigenvalue weighted by Gasteiger charge is -2.16. The van der Waals surface area contributed by atoms with Gasteiger partial charge in [0.25, 0.3) is 0 Å². The van der Waals surface area contributed by atoms with E-state index in [0.29, 0.717) is 12.3 Å². The molecule has 0 aliphatic carbocycles. The highest BCUT2D eigenvalue weighted by molar-refractivity contribution is 8.00. The second-order valence-corrected chi connectivity index (χ2v) is 5.66. The van der Waals surface area contributed by atoms with E-state index in [9.17, 15) is 4.79 Å². The molecule has 1 amide bonds. The summed E-state index contributed by atoms with van der Waals surface area (Å²) in [7, 11) is 1.78. The smallest absolute Gasteiger partial charge is 0.233 e. The molecule has 0 radical (unpaired) electrons. The number of hydrogen-bond donors (Lipinski definition) is 1. The fourth-order valence-corrected chi connectivity index (χ4v) is 2.76. The molecule has 2 rings (SSSR count). The van der Waals surface area contributed by atoms with E-state index in [1.165, 1.54) is 11.8 Å². The normalized spacial score (nSPS) is 10.5. The first kappa shape index (κ1) is 14.5. The van der Waals surface area contributed by atoms with Crippen LogP contribution in [-0.2, 0) is 11.3 Å². The first-order chi connectivity index (χ1) is 9.56. The van der Waals surface area contributed by atoms with Crippen LogP contribution >= 0.6 is 11.8 Å². The third-order valence-corrected chi connectivity index (χ3v) is 4.10. The number of amides is 1. The van der Waals surface area contributed by atoms with Crippen LogP contribution in [0.4, 0.5) is 5.69 Å². The van der Waals surface area contributed by atoms with Crippen molar-refractivity contribution in [3.05, 3.63) is 47.9 Å². The van der Waals surface area contributed by atoms with Crippen molar-refractivity contribution in [1.29, 1.82) is 0 Å². The van der Waals surface area contributed by atoms with Crippen LogP contribution in [0.1, 0.15) is 11.3 Å². The Hall–Kier alpha value is -1.88. The van der Waals surface area contributed by atoms with Crippen LogP contribution < -0.4 is 5.73 Å². The molecule has 0 bridgehead atoms. The largest absolute Gasteiger partial charge is 0.467 e. The van der Waals surface area contributed by atoms with E-state index in [4.69, 9.17) is 10.2 Å². The van der Waals surface area contributed by atoms with E-state index < -0.39 is 0 Å². The summed E-state index contributed by atoms with van der Waals surface area (Å²) < 4.78 is 5.23. The van der Waals surface area contributed by atoms with Crippen molar-refractivity contribution < 1.29 is 9.21 Å². The number of anilines is 1. The molecule has 0 saturated carbocycles. The van der Waals surface area contributed by atoms with Gasteiger partial charge in [0.15, 0.2) is 0 Å². The maximum Gasteiger partial charge on any atom is 0.233 e. The minimum atomic E-state index is 0.0632. The molecule has 4 nitrogen and oxygen atoms in total. The summed E-state index contributed by atoms with van der Waals surface area (Å²) in [6.07, 6.45) is 1.61. The van der Waals surface area contributed by atoms with Gasteiger partial charge in [0.2, 0.25) is 5.91 Å². The summed E-state index contributed by atoms with van der Waals surface area (Å²) in [6, 6.07) is 9.41. The van der Waals surface area contributed by atoms with Gasteiger partial charge in [0.05, 0.1) is 18.6 Å². The lowest BCUT2D eigenvalue weighted by molar-refractivity contribution is -0.127. The van der Waals surface area contributed by atoms with E-state index in [1.807, 2.05) is 37.3 Å². The quantitative estimate of drug-likeness (QED) is 0.679. The average molecular weight is 290 g/mol. The molecule has 2 aromatic rings. The fourth-order valence-electron chi connectivity index (χ4n) is 1.75. The fraction of sp³-hybridized carbons (Fsp3) is 0.267. The maximum absolute atomic E-state index is 12.1. The minimum Gasteiger partial charge on any atom is -0.467 e. The standard InChI is InChI=1S/C15H18N2O2S/c1-11-5-6-12(16)8-14(11)20-10-15(18)17(2)9-13-4-3-7-19-13/h3-8H,9-10,16H2,1-2H3. The van der Waals surface area contributed by atoms with Crippen molar-refractivity contribution in [2.75, 3.05) is 18.5 Å². The Morgan fingerprint density at radius 1 is 1.40 bits per heavy atom. The van der Waals surface area contributed by atoms with Gasteiger partial charge >= 0.3 is 0 Å². The Balaban J connectivity index is 1.89. The second-order valence-electron chi connectivity index (χ2n) is 4.64. The van der Waals surface area contributed by atoms with Crippen LogP contribution in [0.3, 0.4) is 0 Å². The maximum atomic E-state index is 12.1. The molecule has 106 valence electrons. The first-order valence-electron chi connectivity index (χ1n) is 6.31. The van der Waals surface area contributed by atoms with Crippen LogP contribution in [0.5, 0.6) is 0 Å². The van der Waals surface area contributed by atoms with Gasteiger partial charge in [-0.2, -0.15) is 0 Å². The highest BCUT2D eigenvalue weighted by Gasteiger charge is 2.12. The summed E-state index contributed by atoms with van der Waals surface area (Å²) >= 11 is 1.51. The number of carbonyl (C=O) groups is 1. The molecule has 0 saturated heterocycles. The topological polar surface area (TPSA) is 59.5 Å². The summed E-state index contributed by atoms with van der Waals surface area (Å²) in [5.74, 6) is 1.24. The van der Waals surface area contributed by atoms with E-state index >= 15 is 0 Å². The van der Waals surface area contributed by atoms with Gasteiger partial charge in [0, 0.05) is 17.6 Å². The zero-order valence-corrected chi connectivity index (χ0v) is 12.4. The lowest BCUT2D eigenvalue weighted by atomic mass is 10.2. The molecule has 5 heteroatoms. The van der Waals surface area contributed by atoms with Crippen molar-refractivity contribution in [1.82, 2.24) is 4.90 Å². The Bertz CT molecular complexity index is 582. The average Bonchev–Trinajstić information content (AvgIpc) is 2.92. The molecular formula is C15H18N2O2S. The molecule has 1 aromatic carbocycles. The molecule has 0 spiro atoms. The van der Waals surface area contributed by atoms with Gasteiger partial charge in [-0.15, -0.1) is 11.8 Å². The van der Waals surface area contributed by atoms with Crippen LogP contribution in [0.25, 0.3) is 0 Å². The molecular weight excluding hydrogens is 272 g/mol. The predicted octanol–water partition coefficient (Wildman–Crippen LogP) is 2.92. The molecule has 0 fully saturated rings. The molecule has 0 aliphatic rings. The van der Waals surface area contributed by atoms with Gasteiger partial charge in [-0.3, -0.25) is 4.79 Å². The number of aryl methyl sites for hydroxylation is 1. The second kappa shape index (κ2) is 6.52.